The smallest absolute Gasteiger partial charge is 0.358 e. The summed E-state index contributed by atoms with van der Waals surface area (Å²) in [6, 6.07) is 8.73. The van der Waals surface area contributed by atoms with E-state index in [1.54, 1.807) is 41.0 Å². The number of nitrogens with zero attached hydrogens (tertiary/aromatic N) is 1. The number of rotatable bonds is 5. The van der Waals surface area contributed by atoms with Gasteiger partial charge in [-0.1, -0.05) is 12.1 Å². The highest BCUT2D eigenvalue weighted by Crippen LogP contribution is 2.26. The van der Waals surface area contributed by atoms with Crippen LogP contribution in [0.2, 0.25) is 0 Å². The van der Waals surface area contributed by atoms with Gasteiger partial charge in [0.1, 0.15) is 11.6 Å². The molecule has 5 nitrogen and oxygen atoms in total. The lowest BCUT2D eigenvalue weighted by molar-refractivity contribution is 0.0467. The molecule has 1 aromatic carbocycles. The molecule has 0 amide bonds. The first-order valence-corrected chi connectivity index (χ1v) is 8.82. The molecule has 0 fully saturated rings. The van der Waals surface area contributed by atoms with Crippen LogP contribution in [-0.4, -0.2) is 24.0 Å². The van der Waals surface area contributed by atoms with Gasteiger partial charge in [0.2, 0.25) is 0 Å². The summed E-state index contributed by atoms with van der Waals surface area (Å²) in [5, 5.41) is 6.41. The monoisotopic (exact) mass is 359 g/mol. The largest absolute Gasteiger partial charge is 0.465 e. The molecule has 0 unspecified atom stereocenters. The highest BCUT2D eigenvalue weighted by Gasteiger charge is 2.14. The van der Waals surface area contributed by atoms with Crippen molar-refractivity contribution in [3.05, 3.63) is 63.3 Å². The van der Waals surface area contributed by atoms with Crippen molar-refractivity contribution in [3.8, 4) is 10.6 Å². The molecule has 0 spiro atoms. The van der Waals surface area contributed by atoms with Gasteiger partial charge >= 0.3 is 11.9 Å². The molecule has 0 N–H and O–H groups in total. The summed E-state index contributed by atoms with van der Waals surface area (Å²) < 4.78 is 9.94. The van der Waals surface area contributed by atoms with Crippen molar-refractivity contribution in [1.29, 1.82) is 0 Å². The molecule has 122 valence electrons. The standard InChI is InChI=1S/C17H13NO4S2/c1-21-16(19)12-4-2-3-11(7-12)8-22-17(20)14-10-24-15(18-14)13-5-6-23-9-13/h2-7,9-10H,8H2,1H3. The van der Waals surface area contributed by atoms with Crippen LogP contribution in [0.25, 0.3) is 10.6 Å². The highest BCUT2D eigenvalue weighted by atomic mass is 32.1. The molecular formula is C17H13NO4S2. The van der Waals surface area contributed by atoms with Gasteiger partial charge in [-0.2, -0.15) is 11.3 Å². The second kappa shape index (κ2) is 7.37. The minimum atomic E-state index is -0.490. The van der Waals surface area contributed by atoms with Gasteiger partial charge in [-0.15, -0.1) is 11.3 Å². The molecule has 0 radical (unpaired) electrons. The molecule has 24 heavy (non-hydrogen) atoms. The van der Waals surface area contributed by atoms with Crippen LogP contribution in [0.15, 0.2) is 46.5 Å². The minimum Gasteiger partial charge on any atom is -0.465 e. The van der Waals surface area contributed by atoms with Crippen molar-refractivity contribution < 1.29 is 19.1 Å². The Labute approximate surface area is 146 Å². The summed E-state index contributed by atoms with van der Waals surface area (Å²) in [5.41, 5.74) is 2.40. The number of esters is 2. The average molecular weight is 359 g/mol. The van der Waals surface area contributed by atoms with Gasteiger partial charge in [-0.25, -0.2) is 14.6 Å². The number of hydrogen-bond acceptors (Lipinski definition) is 7. The van der Waals surface area contributed by atoms with Crippen molar-refractivity contribution in [2.45, 2.75) is 6.61 Å². The molecule has 0 aliphatic rings. The van der Waals surface area contributed by atoms with Crippen LogP contribution in [0.3, 0.4) is 0 Å². The fourth-order valence-corrected chi connectivity index (χ4v) is 3.52. The molecule has 3 rings (SSSR count). The Morgan fingerprint density at radius 1 is 1.17 bits per heavy atom. The first-order chi connectivity index (χ1) is 11.7. The summed E-state index contributed by atoms with van der Waals surface area (Å²) in [6.07, 6.45) is 0. The number of benzene rings is 1. The van der Waals surface area contributed by atoms with Crippen molar-refractivity contribution in [1.82, 2.24) is 4.98 Å². The molecular weight excluding hydrogens is 346 g/mol. The average Bonchev–Trinajstić information content (AvgIpc) is 3.30. The summed E-state index contributed by atoms with van der Waals surface area (Å²) in [6.45, 7) is 0.0645. The molecule has 0 saturated heterocycles. The fourth-order valence-electron chi connectivity index (χ4n) is 2.01. The Bertz CT molecular complexity index is 855. The van der Waals surface area contributed by atoms with Crippen LogP contribution in [0.4, 0.5) is 0 Å². The number of thiophene rings is 1. The van der Waals surface area contributed by atoms with Crippen LogP contribution >= 0.6 is 22.7 Å². The molecule has 3 aromatic rings. The van der Waals surface area contributed by atoms with Crippen LogP contribution in [0, 0.1) is 0 Å². The number of carbonyl (C=O) groups is 2. The summed E-state index contributed by atoms with van der Waals surface area (Å²) in [7, 11) is 1.32. The van der Waals surface area contributed by atoms with E-state index in [0.717, 1.165) is 10.6 Å². The van der Waals surface area contributed by atoms with E-state index < -0.39 is 11.9 Å². The van der Waals surface area contributed by atoms with E-state index in [1.165, 1.54) is 18.4 Å². The summed E-state index contributed by atoms with van der Waals surface area (Å²) in [5.74, 6) is -0.917. The van der Waals surface area contributed by atoms with Gasteiger partial charge in [0.15, 0.2) is 5.69 Å². The number of ether oxygens (including phenoxy) is 2. The second-order valence-corrected chi connectivity index (χ2v) is 6.46. The predicted molar refractivity (Wildman–Crippen MR) is 92.3 cm³/mol. The zero-order chi connectivity index (χ0) is 16.9. The van der Waals surface area contributed by atoms with Crippen molar-refractivity contribution in [3.63, 3.8) is 0 Å². The van der Waals surface area contributed by atoms with E-state index in [4.69, 9.17) is 4.74 Å². The SMILES string of the molecule is COC(=O)c1cccc(COC(=O)c2csc(-c3ccsc3)n2)c1. The Morgan fingerprint density at radius 2 is 2.04 bits per heavy atom. The van der Waals surface area contributed by atoms with Crippen LogP contribution < -0.4 is 0 Å². The lowest BCUT2D eigenvalue weighted by atomic mass is 10.1. The molecule has 0 saturated carbocycles. The summed E-state index contributed by atoms with van der Waals surface area (Å²) in [4.78, 5) is 27.9. The van der Waals surface area contributed by atoms with Gasteiger partial charge in [0, 0.05) is 16.3 Å². The summed E-state index contributed by atoms with van der Waals surface area (Å²) >= 11 is 2.98. The van der Waals surface area contributed by atoms with Crippen LogP contribution in [0.1, 0.15) is 26.4 Å². The Balaban J connectivity index is 1.65. The third kappa shape index (κ3) is 3.69. The van der Waals surface area contributed by atoms with E-state index in [9.17, 15) is 9.59 Å². The second-order valence-electron chi connectivity index (χ2n) is 4.82. The minimum absolute atomic E-state index is 0.0645. The number of thiazole rings is 1. The van der Waals surface area contributed by atoms with Crippen LogP contribution in [-0.2, 0) is 16.1 Å². The molecule has 0 bridgehead atoms. The predicted octanol–water partition coefficient (Wildman–Crippen LogP) is 4.02. The first-order valence-electron chi connectivity index (χ1n) is 7.00. The fraction of sp³-hybridized carbons (Fsp3) is 0.118. The number of carbonyl (C=O) groups excluding carboxylic acids is 2. The van der Waals surface area contributed by atoms with Gasteiger partial charge in [0.25, 0.3) is 0 Å². The lowest BCUT2D eigenvalue weighted by Gasteiger charge is -2.05. The van der Waals surface area contributed by atoms with Gasteiger partial charge in [0.05, 0.1) is 12.7 Å². The van der Waals surface area contributed by atoms with E-state index in [2.05, 4.69) is 9.72 Å². The van der Waals surface area contributed by atoms with Gasteiger partial charge in [-0.3, -0.25) is 0 Å². The first kappa shape index (κ1) is 16.4. The molecule has 0 atom stereocenters. The normalized spacial score (nSPS) is 10.4. The van der Waals surface area contributed by atoms with Gasteiger partial charge in [-0.05, 0) is 29.1 Å². The number of methoxy groups -OCH3 is 1. The van der Waals surface area contributed by atoms with E-state index >= 15 is 0 Å². The topological polar surface area (TPSA) is 65.5 Å². The quantitative estimate of drug-likeness (QED) is 0.644. The Hall–Kier alpha value is -2.51. The maximum atomic E-state index is 12.1. The number of aromatic nitrogens is 1. The lowest BCUT2D eigenvalue weighted by Crippen LogP contribution is -2.07. The molecule has 7 heteroatoms. The zero-order valence-electron chi connectivity index (χ0n) is 12.7. The Morgan fingerprint density at radius 3 is 2.79 bits per heavy atom. The van der Waals surface area contributed by atoms with E-state index in [0.29, 0.717) is 11.1 Å². The number of hydrogen-bond donors (Lipinski definition) is 0. The van der Waals surface area contributed by atoms with Crippen LogP contribution in [0.5, 0.6) is 0 Å². The van der Waals surface area contributed by atoms with Crippen molar-refractivity contribution in [2.75, 3.05) is 7.11 Å². The zero-order valence-corrected chi connectivity index (χ0v) is 14.4. The maximum Gasteiger partial charge on any atom is 0.358 e. The maximum absolute atomic E-state index is 12.1. The molecule has 0 aliphatic heterocycles. The van der Waals surface area contributed by atoms with Crippen molar-refractivity contribution in [2.24, 2.45) is 0 Å². The van der Waals surface area contributed by atoms with Gasteiger partial charge < -0.3 is 9.47 Å². The molecule has 2 aromatic heterocycles. The third-order valence-electron chi connectivity index (χ3n) is 3.20. The Kier molecular flexibility index (Phi) is 5.02. The van der Waals surface area contributed by atoms with E-state index in [-0.39, 0.29) is 12.3 Å². The van der Waals surface area contributed by atoms with E-state index in [1.807, 2.05) is 16.8 Å². The molecule has 0 aliphatic carbocycles. The third-order valence-corrected chi connectivity index (χ3v) is 4.77. The molecule has 2 heterocycles. The van der Waals surface area contributed by atoms with Crippen molar-refractivity contribution >= 4 is 34.6 Å². The highest BCUT2D eigenvalue weighted by molar-refractivity contribution is 7.14.